The molecule has 9 heteroatoms. The van der Waals surface area contributed by atoms with Gasteiger partial charge in [-0.2, -0.15) is 0 Å². The van der Waals surface area contributed by atoms with E-state index in [0.29, 0.717) is 14.9 Å². The minimum Gasteiger partial charge on any atom is -0.274 e. The lowest BCUT2D eigenvalue weighted by molar-refractivity contribution is -0.387. The van der Waals surface area contributed by atoms with Gasteiger partial charge >= 0.3 is 0 Å². The Morgan fingerprint density at radius 3 is 2.38 bits per heavy atom. The van der Waals surface area contributed by atoms with Crippen molar-refractivity contribution in [1.82, 2.24) is 4.31 Å². The molecule has 1 atom stereocenters. The molecule has 1 heterocycles. The number of carbonyl (C=O) groups excluding carboxylic acids is 1. The number of amides is 1. The smallest absolute Gasteiger partial charge is 0.274 e. The predicted molar refractivity (Wildman–Crippen MR) is 85.9 cm³/mol. The van der Waals surface area contributed by atoms with Gasteiger partial charge in [0, 0.05) is 11.1 Å². The van der Waals surface area contributed by atoms with Gasteiger partial charge in [-0.1, -0.05) is 41.9 Å². The van der Waals surface area contributed by atoms with Gasteiger partial charge < -0.3 is 0 Å². The first kappa shape index (κ1) is 16.4. The third-order valence-corrected chi connectivity index (χ3v) is 5.98. The summed E-state index contributed by atoms with van der Waals surface area (Å²) in [5.41, 5.74) is -0.0870. The summed E-state index contributed by atoms with van der Waals surface area (Å²) in [5, 5.41) is 11.4. The number of hydrogen-bond donors (Lipinski definition) is 0. The van der Waals surface area contributed by atoms with Gasteiger partial charge in [-0.05, 0) is 17.7 Å². The average Bonchev–Trinajstić information content (AvgIpc) is 2.53. The minimum absolute atomic E-state index is 0.0242. The number of para-hydroxylation sites is 1. The lowest BCUT2D eigenvalue weighted by atomic mass is 9.97. The Labute approximate surface area is 142 Å². The van der Waals surface area contributed by atoms with Gasteiger partial charge in [-0.25, -0.2) is 12.7 Å². The molecule has 0 saturated carbocycles. The number of sulfonamides is 1. The van der Waals surface area contributed by atoms with Gasteiger partial charge in [0.25, 0.3) is 15.7 Å². The van der Waals surface area contributed by atoms with Crippen LogP contribution in [0.1, 0.15) is 18.0 Å². The van der Waals surface area contributed by atoms with Gasteiger partial charge in [-0.15, -0.1) is 0 Å². The van der Waals surface area contributed by atoms with Gasteiger partial charge in [0.05, 0.1) is 17.4 Å². The summed E-state index contributed by atoms with van der Waals surface area (Å²) >= 11 is 6.08. The first-order valence-corrected chi connectivity index (χ1v) is 8.71. The molecule has 1 amide bonds. The summed E-state index contributed by atoms with van der Waals surface area (Å²) in [6, 6.07) is 10.7. The fraction of sp³-hybridized carbons (Fsp3) is 0.133. The highest BCUT2D eigenvalue weighted by Crippen LogP contribution is 2.42. The van der Waals surface area contributed by atoms with E-state index in [9.17, 15) is 23.3 Å². The predicted octanol–water partition coefficient (Wildman–Crippen LogP) is 2.91. The standard InChI is InChI=1S/C15H11ClN2O5S/c16-11-6-2-1-5-10(11)13-9-15(19)17(13)24(22,23)14-8-4-3-7-12(14)18(20)21/h1-8,13H,9H2/t13-/m1/s1. The zero-order valence-corrected chi connectivity index (χ0v) is 13.7. The Balaban J connectivity index is 2.08. The zero-order valence-electron chi connectivity index (χ0n) is 12.1. The van der Waals surface area contributed by atoms with Crippen LogP contribution >= 0.6 is 11.6 Å². The Bertz CT molecular complexity index is 944. The Morgan fingerprint density at radius 1 is 1.12 bits per heavy atom. The molecule has 2 aromatic carbocycles. The maximum atomic E-state index is 12.8. The van der Waals surface area contributed by atoms with Crippen LogP contribution in [0, 0.1) is 10.1 Å². The summed E-state index contributed by atoms with van der Waals surface area (Å²) < 4.78 is 26.3. The van der Waals surface area contributed by atoms with Crippen molar-refractivity contribution in [2.24, 2.45) is 0 Å². The van der Waals surface area contributed by atoms with Crippen LogP contribution in [-0.4, -0.2) is 23.6 Å². The summed E-state index contributed by atoms with van der Waals surface area (Å²) in [6.45, 7) is 0. The van der Waals surface area contributed by atoms with Gasteiger partial charge in [0.15, 0.2) is 4.90 Å². The third-order valence-electron chi connectivity index (χ3n) is 3.76. The van der Waals surface area contributed by atoms with E-state index in [0.717, 1.165) is 12.1 Å². The van der Waals surface area contributed by atoms with Crippen molar-refractivity contribution in [2.75, 3.05) is 0 Å². The van der Waals surface area contributed by atoms with Crippen molar-refractivity contribution >= 4 is 33.2 Å². The highest BCUT2D eigenvalue weighted by Gasteiger charge is 2.48. The molecular formula is C15H11ClN2O5S. The average molecular weight is 367 g/mol. The topological polar surface area (TPSA) is 97.6 Å². The molecule has 1 saturated heterocycles. The molecule has 3 rings (SSSR count). The van der Waals surface area contributed by atoms with Gasteiger partial charge in [-0.3, -0.25) is 14.9 Å². The molecule has 0 N–H and O–H groups in total. The molecule has 1 aliphatic rings. The first-order chi connectivity index (χ1) is 11.3. The molecule has 0 radical (unpaired) electrons. The minimum atomic E-state index is -4.36. The fourth-order valence-corrected chi connectivity index (χ4v) is 4.61. The van der Waals surface area contributed by atoms with E-state index >= 15 is 0 Å². The third kappa shape index (κ3) is 2.53. The lowest BCUT2D eigenvalue weighted by Gasteiger charge is -2.39. The Kier molecular flexibility index (Phi) is 4.02. The van der Waals surface area contributed by atoms with E-state index in [1.807, 2.05) is 0 Å². The van der Waals surface area contributed by atoms with Crippen LogP contribution in [0.25, 0.3) is 0 Å². The van der Waals surface area contributed by atoms with E-state index in [1.54, 1.807) is 24.3 Å². The summed E-state index contributed by atoms with van der Waals surface area (Å²) in [7, 11) is -4.36. The molecule has 7 nitrogen and oxygen atoms in total. The highest BCUT2D eigenvalue weighted by molar-refractivity contribution is 7.90. The van der Waals surface area contributed by atoms with E-state index < -0.39 is 37.5 Å². The second kappa shape index (κ2) is 5.88. The quantitative estimate of drug-likeness (QED) is 0.470. The number of nitro benzene ring substituents is 1. The molecule has 0 unspecified atom stereocenters. The molecule has 124 valence electrons. The van der Waals surface area contributed by atoms with Crippen molar-refractivity contribution in [2.45, 2.75) is 17.4 Å². The van der Waals surface area contributed by atoms with E-state index in [-0.39, 0.29) is 6.42 Å². The Morgan fingerprint density at radius 2 is 1.75 bits per heavy atom. The number of nitro groups is 1. The second-order valence-electron chi connectivity index (χ2n) is 5.16. The molecule has 2 aromatic rings. The second-order valence-corrected chi connectivity index (χ2v) is 7.35. The van der Waals surface area contributed by atoms with E-state index in [4.69, 9.17) is 11.6 Å². The molecule has 0 aromatic heterocycles. The van der Waals surface area contributed by atoms with Gasteiger partial charge in [0.1, 0.15) is 0 Å². The number of hydrogen-bond acceptors (Lipinski definition) is 5. The van der Waals surface area contributed by atoms with Crippen LogP contribution in [-0.2, 0) is 14.8 Å². The van der Waals surface area contributed by atoms with Gasteiger partial charge in [0.2, 0.25) is 5.91 Å². The van der Waals surface area contributed by atoms with E-state index in [1.165, 1.54) is 12.1 Å². The van der Waals surface area contributed by atoms with Crippen molar-refractivity contribution in [3.63, 3.8) is 0 Å². The number of benzene rings is 2. The molecule has 0 spiro atoms. The molecule has 1 aliphatic heterocycles. The van der Waals surface area contributed by atoms with Crippen LogP contribution < -0.4 is 0 Å². The fourth-order valence-electron chi connectivity index (χ4n) is 2.61. The normalized spacial score (nSPS) is 17.5. The van der Waals surface area contributed by atoms with Crippen LogP contribution in [0.3, 0.4) is 0 Å². The van der Waals surface area contributed by atoms with Crippen LogP contribution in [0.2, 0.25) is 5.02 Å². The monoisotopic (exact) mass is 366 g/mol. The summed E-state index contributed by atoms with van der Waals surface area (Å²) in [6.07, 6.45) is -0.0242. The van der Waals surface area contributed by atoms with E-state index in [2.05, 4.69) is 0 Å². The highest BCUT2D eigenvalue weighted by atomic mass is 35.5. The van der Waals surface area contributed by atoms with Crippen molar-refractivity contribution < 1.29 is 18.1 Å². The number of halogens is 1. The van der Waals surface area contributed by atoms with Crippen LogP contribution in [0.4, 0.5) is 5.69 Å². The van der Waals surface area contributed by atoms with Crippen molar-refractivity contribution in [3.05, 3.63) is 69.2 Å². The SMILES string of the molecule is O=C1C[C@H](c2ccccc2Cl)N1S(=O)(=O)c1ccccc1[N+](=O)[O-]. The Hall–Kier alpha value is -2.45. The molecular weight excluding hydrogens is 356 g/mol. The van der Waals surface area contributed by atoms with Crippen molar-refractivity contribution in [1.29, 1.82) is 0 Å². The largest absolute Gasteiger partial charge is 0.289 e. The molecule has 0 aliphatic carbocycles. The summed E-state index contributed by atoms with van der Waals surface area (Å²) in [5.74, 6) is -0.627. The maximum Gasteiger partial charge on any atom is 0.289 e. The first-order valence-electron chi connectivity index (χ1n) is 6.89. The number of nitrogens with zero attached hydrogens (tertiary/aromatic N) is 2. The lowest BCUT2D eigenvalue weighted by Crippen LogP contribution is -2.49. The van der Waals surface area contributed by atoms with Crippen LogP contribution in [0.5, 0.6) is 0 Å². The van der Waals surface area contributed by atoms with Crippen molar-refractivity contribution in [3.8, 4) is 0 Å². The number of carbonyl (C=O) groups is 1. The zero-order chi connectivity index (χ0) is 17.5. The molecule has 0 bridgehead atoms. The number of β-lactam (4-membered cyclic amide) rings is 1. The summed E-state index contributed by atoms with van der Waals surface area (Å²) in [4.78, 5) is 21.8. The molecule has 1 fully saturated rings. The number of rotatable bonds is 4. The maximum absolute atomic E-state index is 12.8. The molecule has 24 heavy (non-hydrogen) atoms. The van der Waals surface area contributed by atoms with Crippen LogP contribution in [0.15, 0.2) is 53.4 Å².